The SMILES string of the molecule is O=C(O)CC(=CC1(Cc2ccccc2)CC1)C(=O)O. The molecule has 0 bridgehead atoms. The third-order valence-electron chi connectivity index (χ3n) is 3.39. The van der Waals surface area contributed by atoms with E-state index >= 15 is 0 Å². The van der Waals surface area contributed by atoms with Crippen LogP contribution in [0.1, 0.15) is 24.8 Å². The fourth-order valence-electron chi connectivity index (χ4n) is 2.26. The Labute approximate surface area is 111 Å². The number of benzene rings is 1. The number of rotatable bonds is 6. The Morgan fingerprint density at radius 2 is 1.79 bits per heavy atom. The van der Waals surface area contributed by atoms with Gasteiger partial charge in [-0.25, -0.2) is 4.79 Å². The first-order chi connectivity index (χ1) is 9.01. The van der Waals surface area contributed by atoms with E-state index in [1.54, 1.807) is 6.08 Å². The summed E-state index contributed by atoms with van der Waals surface area (Å²) in [6.07, 6.45) is 3.82. The Bertz CT molecular complexity index is 512. The summed E-state index contributed by atoms with van der Waals surface area (Å²) in [5.74, 6) is -2.24. The summed E-state index contributed by atoms with van der Waals surface area (Å²) >= 11 is 0. The molecular formula is C15H16O4. The number of carbonyl (C=O) groups is 2. The lowest BCUT2D eigenvalue weighted by molar-refractivity contribution is -0.139. The first-order valence-electron chi connectivity index (χ1n) is 6.21. The monoisotopic (exact) mass is 260 g/mol. The Balaban J connectivity index is 2.15. The van der Waals surface area contributed by atoms with E-state index < -0.39 is 18.4 Å². The zero-order chi connectivity index (χ0) is 13.9. The van der Waals surface area contributed by atoms with Crippen LogP contribution < -0.4 is 0 Å². The molecule has 4 heteroatoms. The maximum absolute atomic E-state index is 11.1. The number of carboxylic acids is 2. The first-order valence-corrected chi connectivity index (χ1v) is 6.21. The second-order valence-corrected chi connectivity index (χ2v) is 5.07. The molecule has 2 rings (SSSR count). The minimum absolute atomic E-state index is 0.0130. The molecule has 100 valence electrons. The fraction of sp³-hybridized carbons (Fsp3) is 0.333. The normalized spacial score (nSPS) is 16.9. The van der Waals surface area contributed by atoms with Gasteiger partial charge in [0.05, 0.1) is 6.42 Å². The molecule has 1 saturated carbocycles. The number of hydrogen-bond acceptors (Lipinski definition) is 2. The van der Waals surface area contributed by atoms with Gasteiger partial charge in [0.15, 0.2) is 0 Å². The van der Waals surface area contributed by atoms with Gasteiger partial charge in [0.25, 0.3) is 0 Å². The molecule has 1 aromatic carbocycles. The van der Waals surface area contributed by atoms with Crippen LogP contribution in [0, 0.1) is 5.41 Å². The van der Waals surface area contributed by atoms with E-state index in [0.717, 1.165) is 24.8 Å². The Morgan fingerprint density at radius 3 is 2.26 bits per heavy atom. The summed E-state index contributed by atoms with van der Waals surface area (Å²) in [5.41, 5.74) is 0.974. The van der Waals surface area contributed by atoms with Crippen molar-refractivity contribution in [2.45, 2.75) is 25.7 Å². The molecule has 1 aliphatic carbocycles. The van der Waals surface area contributed by atoms with Gasteiger partial charge in [0, 0.05) is 5.57 Å². The fourth-order valence-corrected chi connectivity index (χ4v) is 2.26. The lowest BCUT2D eigenvalue weighted by atomic mass is 9.93. The molecule has 19 heavy (non-hydrogen) atoms. The first kappa shape index (κ1) is 13.3. The molecule has 0 spiro atoms. The van der Waals surface area contributed by atoms with Crippen molar-refractivity contribution in [2.24, 2.45) is 5.41 Å². The molecule has 1 fully saturated rings. The topological polar surface area (TPSA) is 74.6 Å². The van der Waals surface area contributed by atoms with Gasteiger partial charge in [0.1, 0.15) is 0 Å². The highest BCUT2D eigenvalue weighted by molar-refractivity contribution is 5.92. The van der Waals surface area contributed by atoms with Gasteiger partial charge in [-0.15, -0.1) is 0 Å². The van der Waals surface area contributed by atoms with Gasteiger partial charge in [-0.1, -0.05) is 36.4 Å². The van der Waals surface area contributed by atoms with Crippen LogP contribution in [0.15, 0.2) is 42.0 Å². The van der Waals surface area contributed by atoms with Crippen molar-refractivity contribution < 1.29 is 19.8 Å². The van der Waals surface area contributed by atoms with Crippen LogP contribution in [0.4, 0.5) is 0 Å². The minimum Gasteiger partial charge on any atom is -0.481 e. The Kier molecular flexibility index (Phi) is 3.69. The minimum atomic E-state index is -1.14. The average molecular weight is 260 g/mol. The predicted molar refractivity (Wildman–Crippen MR) is 69.8 cm³/mol. The van der Waals surface area contributed by atoms with Crippen LogP contribution in [-0.4, -0.2) is 22.2 Å². The maximum Gasteiger partial charge on any atom is 0.331 e. The average Bonchev–Trinajstić information content (AvgIpc) is 3.08. The van der Waals surface area contributed by atoms with Gasteiger partial charge >= 0.3 is 11.9 Å². The van der Waals surface area contributed by atoms with Crippen LogP contribution in [0.25, 0.3) is 0 Å². The quantitative estimate of drug-likeness (QED) is 0.770. The van der Waals surface area contributed by atoms with Gasteiger partial charge in [-0.3, -0.25) is 4.79 Å². The van der Waals surface area contributed by atoms with E-state index in [2.05, 4.69) is 0 Å². The van der Waals surface area contributed by atoms with Gasteiger partial charge in [-0.2, -0.15) is 0 Å². The third-order valence-corrected chi connectivity index (χ3v) is 3.39. The molecule has 0 amide bonds. The van der Waals surface area contributed by atoms with Crippen molar-refractivity contribution in [3.8, 4) is 0 Å². The van der Waals surface area contributed by atoms with E-state index in [0.29, 0.717) is 0 Å². The van der Waals surface area contributed by atoms with Crippen LogP contribution in [0.3, 0.4) is 0 Å². The van der Waals surface area contributed by atoms with Crippen LogP contribution in [0.5, 0.6) is 0 Å². The molecule has 0 radical (unpaired) electrons. The zero-order valence-corrected chi connectivity index (χ0v) is 10.5. The number of carboxylic acid groups (broad SMARTS) is 2. The van der Waals surface area contributed by atoms with Crippen molar-refractivity contribution >= 4 is 11.9 Å². The van der Waals surface area contributed by atoms with Crippen molar-refractivity contribution in [1.82, 2.24) is 0 Å². The molecule has 0 saturated heterocycles. The summed E-state index contributed by atoms with van der Waals surface area (Å²) in [4.78, 5) is 21.7. The smallest absolute Gasteiger partial charge is 0.331 e. The highest BCUT2D eigenvalue weighted by Crippen LogP contribution is 2.50. The summed E-state index contributed by atoms with van der Waals surface area (Å²) < 4.78 is 0. The molecule has 0 aliphatic heterocycles. The van der Waals surface area contributed by atoms with E-state index in [4.69, 9.17) is 10.2 Å². The molecule has 1 aliphatic rings. The summed E-state index contributed by atoms with van der Waals surface area (Å²) in [5, 5.41) is 17.8. The standard InChI is InChI=1S/C15H16O4/c16-13(17)8-12(14(18)19)10-15(6-7-15)9-11-4-2-1-3-5-11/h1-5,10H,6-9H2,(H,16,17)(H,18,19). The molecule has 0 heterocycles. The lowest BCUT2D eigenvalue weighted by Crippen LogP contribution is -2.11. The summed E-state index contributed by atoms with van der Waals surface area (Å²) in [6.45, 7) is 0. The van der Waals surface area contributed by atoms with E-state index in [1.807, 2.05) is 30.3 Å². The van der Waals surface area contributed by atoms with Crippen LogP contribution in [0.2, 0.25) is 0 Å². The number of allylic oxidation sites excluding steroid dienone is 1. The van der Waals surface area contributed by atoms with E-state index in [-0.39, 0.29) is 11.0 Å². The van der Waals surface area contributed by atoms with Crippen LogP contribution >= 0.6 is 0 Å². The second-order valence-electron chi connectivity index (χ2n) is 5.07. The Morgan fingerprint density at radius 1 is 1.16 bits per heavy atom. The molecular weight excluding hydrogens is 244 g/mol. The van der Waals surface area contributed by atoms with E-state index in [9.17, 15) is 9.59 Å². The largest absolute Gasteiger partial charge is 0.481 e. The van der Waals surface area contributed by atoms with Crippen molar-refractivity contribution in [3.05, 3.63) is 47.5 Å². The third kappa shape index (κ3) is 3.68. The number of hydrogen-bond donors (Lipinski definition) is 2. The van der Waals surface area contributed by atoms with Crippen LogP contribution in [-0.2, 0) is 16.0 Å². The second kappa shape index (κ2) is 5.26. The van der Waals surface area contributed by atoms with Gasteiger partial charge in [-0.05, 0) is 30.2 Å². The predicted octanol–water partition coefficient (Wildman–Crippen LogP) is 2.50. The molecule has 0 unspecified atom stereocenters. The molecule has 4 nitrogen and oxygen atoms in total. The van der Waals surface area contributed by atoms with Gasteiger partial charge in [0.2, 0.25) is 0 Å². The van der Waals surface area contributed by atoms with Crippen molar-refractivity contribution in [2.75, 3.05) is 0 Å². The highest BCUT2D eigenvalue weighted by Gasteiger charge is 2.41. The van der Waals surface area contributed by atoms with Gasteiger partial charge < -0.3 is 10.2 Å². The highest BCUT2D eigenvalue weighted by atomic mass is 16.4. The van der Waals surface area contributed by atoms with E-state index in [1.165, 1.54) is 0 Å². The molecule has 0 aromatic heterocycles. The number of aliphatic carboxylic acids is 2. The molecule has 0 atom stereocenters. The Hall–Kier alpha value is -2.10. The maximum atomic E-state index is 11.1. The van der Waals surface area contributed by atoms with Crippen molar-refractivity contribution in [3.63, 3.8) is 0 Å². The summed E-state index contributed by atoms with van der Waals surface area (Å²) in [6, 6.07) is 9.85. The summed E-state index contributed by atoms with van der Waals surface area (Å²) in [7, 11) is 0. The molecule has 1 aromatic rings. The molecule has 2 N–H and O–H groups in total. The zero-order valence-electron chi connectivity index (χ0n) is 10.5. The lowest BCUT2D eigenvalue weighted by Gasteiger charge is -2.11. The van der Waals surface area contributed by atoms with Crippen molar-refractivity contribution in [1.29, 1.82) is 0 Å².